The fraction of sp³-hybridized carbons (Fsp3) is 0.0667. The number of hydrogen-bond donors (Lipinski definition) is 1. The SMILES string of the molecule is N#Cc1cc(COc2ccc(C(=O)O)cc2)ccc1F. The number of carboxylic acid groups (broad SMARTS) is 1. The van der Waals surface area contributed by atoms with Crippen LogP contribution < -0.4 is 4.74 Å². The van der Waals surface area contributed by atoms with Crippen LogP contribution in [0.15, 0.2) is 42.5 Å². The lowest BCUT2D eigenvalue weighted by Gasteiger charge is -2.07. The Morgan fingerprint density at radius 3 is 2.55 bits per heavy atom. The molecule has 2 aromatic carbocycles. The number of carbonyl (C=O) groups is 1. The Hall–Kier alpha value is -2.87. The van der Waals surface area contributed by atoms with Crippen LogP contribution in [0.5, 0.6) is 5.75 Å². The molecule has 100 valence electrons. The van der Waals surface area contributed by atoms with Gasteiger partial charge in [-0.25, -0.2) is 9.18 Å². The number of aromatic carboxylic acids is 1. The average Bonchev–Trinajstić information content (AvgIpc) is 2.46. The molecule has 0 aliphatic carbocycles. The van der Waals surface area contributed by atoms with Crippen molar-refractivity contribution in [1.29, 1.82) is 5.26 Å². The topological polar surface area (TPSA) is 70.3 Å². The summed E-state index contributed by atoms with van der Waals surface area (Å²) in [6.07, 6.45) is 0. The summed E-state index contributed by atoms with van der Waals surface area (Å²) in [4.78, 5) is 10.7. The molecule has 0 saturated carbocycles. The minimum atomic E-state index is -1.01. The van der Waals surface area contributed by atoms with Crippen LogP contribution in [-0.2, 0) is 6.61 Å². The predicted octanol–water partition coefficient (Wildman–Crippen LogP) is 2.97. The molecular weight excluding hydrogens is 261 g/mol. The quantitative estimate of drug-likeness (QED) is 0.928. The second kappa shape index (κ2) is 5.85. The van der Waals surface area contributed by atoms with Crippen molar-refractivity contribution in [3.63, 3.8) is 0 Å². The van der Waals surface area contributed by atoms with Gasteiger partial charge in [0.1, 0.15) is 24.2 Å². The van der Waals surface area contributed by atoms with Crippen LogP contribution in [-0.4, -0.2) is 11.1 Å². The second-order valence-electron chi connectivity index (χ2n) is 4.04. The lowest BCUT2D eigenvalue weighted by molar-refractivity contribution is 0.0697. The molecule has 0 bridgehead atoms. The number of benzene rings is 2. The highest BCUT2D eigenvalue weighted by molar-refractivity contribution is 5.87. The highest BCUT2D eigenvalue weighted by atomic mass is 19.1. The highest BCUT2D eigenvalue weighted by Crippen LogP contribution is 2.16. The van der Waals surface area contributed by atoms with E-state index in [2.05, 4.69) is 0 Å². The Morgan fingerprint density at radius 1 is 1.25 bits per heavy atom. The third-order valence-electron chi connectivity index (χ3n) is 2.66. The van der Waals surface area contributed by atoms with E-state index in [0.29, 0.717) is 11.3 Å². The van der Waals surface area contributed by atoms with Gasteiger partial charge in [-0.05, 0) is 42.0 Å². The zero-order chi connectivity index (χ0) is 14.5. The monoisotopic (exact) mass is 271 g/mol. The van der Waals surface area contributed by atoms with Crippen LogP contribution in [0.3, 0.4) is 0 Å². The third kappa shape index (κ3) is 3.12. The van der Waals surface area contributed by atoms with Gasteiger partial charge in [-0.15, -0.1) is 0 Å². The molecule has 1 N–H and O–H groups in total. The minimum Gasteiger partial charge on any atom is -0.489 e. The summed E-state index contributed by atoms with van der Waals surface area (Å²) in [5.41, 5.74) is 0.795. The Bertz CT molecular complexity index is 675. The van der Waals surface area contributed by atoms with E-state index < -0.39 is 11.8 Å². The lowest BCUT2D eigenvalue weighted by Crippen LogP contribution is -1.99. The third-order valence-corrected chi connectivity index (χ3v) is 2.66. The molecule has 5 heteroatoms. The fourth-order valence-electron chi connectivity index (χ4n) is 1.61. The summed E-state index contributed by atoms with van der Waals surface area (Å²) in [5.74, 6) is -1.08. The average molecular weight is 271 g/mol. The van der Waals surface area contributed by atoms with Crippen molar-refractivity contribution in [2.75, 3.05) is 0 Å². The van der Waals surface area contributed by atoms with Gasteiger partial charge in [-0.3, -0.25) is 0 Å². The molecule has 4 nitrogen and oxygen atoms in total. The van der Waals surface area contributed by atoms with E-state index in [4.69, 9.17) is 15.1 Å². The van der Waals surface area contributed by atoms with Gasteiger partial charge in [0.05, 0.1) is 11.1 Å². The first kappa shape index (κ1) is 13.6. The zero-order valence-electron chi connectivity index (χ0n) is 10.3. The van der Waals surface area contributed by atoms with Crippen molar-refractivity contribution in [2.45, 2.75) is 6.61 Å². The molecule has 0 aliphatic rings. The summed E-state index contributed by atoms with van der Waals surface area (Å²) in [6, 6.07) is 11.9. The first-order chi connectivity index (χ1) is 9.60. The highest BCUT2D eigenvalue weighted by Gasteiger charge is 2.05. The van der Waals surface area contributed by atoms with Crippen LogP contribution in [0, 0.1) is 17.1 Å². The van der Waals surface area contributed by atoms with Crippen molar-refractivity contribution in [2.24, 2.45) is 0 Å². The summed E-state index contributed by atoms with van der Waals surface area (Å²) >= 11 is 0. The molecule has 0 aromatic heterocycles. The molecule has 2 aromatic rings. The number of nitrogens with zero attached hydrogens (tertiary/aromatic N) is 1. The molecule has 0 unspecified atom stereocenters. The van der Waals surface area contributed by atoms with Crippen LogP contribution in [0.1, 0.15) is 21.5 Å². The molecule has 2 rings (SSSR count). The summed E-state index contributed by atoms with van der Waals surface area (Å²) in [5, 5.41) is 17.5. The number of ether oxygens (including phenoxy) is 1. The summed E-state index contributed by atoms with van der Waals surface area (Å²) in [6.45, 7) is 0.168. The van der Waals surface area contributed by atoms with E-state index in [1.165, 1.54) is 42.5 Å². The van der Waals surface area contributed by atoms with Gasteiger partial charge in [0.2, 0.25) is 0 Å². The van der Waals surface area contributed by atoms with Crippen molar-refractivity contribution < 1.29 is 19.0 Å². The van der Waals surface area contributed by atoms with E-state index in [1.807, 2.05) is 0 Å². The van der Waals surface area contributed by atoms with Crippen LogP contribution in [0.2, 0.25) is 0 Å². The molecular formula is C15H10FNO3. The Balaban J connectivity index is 2.05. The van der Waals surface area contributed by atoms with Crippen molar-refractivity contribution in [3.8, 4) is 11.8 Å². The van der Waals surface area contributed by atoms with Gasteiger partial charge in [0.25, 0.3) is 0 Å². The van der Waals surface area contributed by atoms with Gasteiger partial charge >= 0.3 is 5.97 Å². The second-order valence-corrected chi connectivity index (χ2v) is 4.04. The number of halogens is 1. The van der Waals surface area contributed by atoms with Crippen LogP contribution in [0.4, 0.5) is 4.39 Å². The molecule has 0 amide bonds. The van der Waals surface area contributed by atoms with Crippen LogP contribution >= 0.6 is 0 Å². The number of hydrogen-bond acceptors (Lipinski definition) is 3. The number of carboxylic acids is 1. The van der Waals surface area contributed by atoms with E-state index in [-0.39, 0.29) is 17.7 Å². The fourth-order valence-corrected chi connectivity index (χ4v) is 1.61. The minimum absolute atomic E-state index is 0.0349. The maximum Gasteiger partial charge on any atom is 0.335 e. The normalized spacial score (nSPS) is 9.80. The lowest BCUT2D eigenvalue weighted by atomic mass is 10.1. The Labute approximate surface area is 114 Å². The first-order valence-corrected chi connectivity index (χ1v) is 5.75. The standard InChI is InChI=1S/C15H10FNO3/c16-14-6-1-10(7-12(14)8-17)9-20-13-4-2-11(3-5-13)15(18)19/h1-7H,9H2,(H,18,19). The number of nitriles is 1. The van der Waals surface area contributed by atoms with E-state index in [9.17, 15) is 9.18 Å². The molecule has 0 atom stereocenters. The van der Waals surface area contributed by atoms with Gasteiger partial charge in [-0.1, -0.05) is 6.07 Å². The van der Waals surface area contributed by atoms with Gasteiger partial charge in [-0.2, -0.15) is 5.26 Å². The van der Waals surface area contributed by atoms with Gasteiger partial charge in [0.15, 0.2) is 0 Å². The largest absolute Gasteiger partial charge is 0.489 e. The molecule has 0 saturated heterocycles. The zero-order valence-corrected chi connectivity index (χ0v) is 10.3. The van der Waals surface area contributed by atoms with E-state index >= 15 is 0 Å². The number of rotatable bonds is 4. The van der Waals surface area contributed by atoms with Crippen molar-refractivity contribution in [3.05, 3.63) is 65.0 Å². The van der Waals surface area contributed by atoms with Gasteiger partial charge in [0, 0.05) is 0 Å². The first-order valence-electron chi connectivity index (χ1n) is 5.75. The van der Waals surface area contributed by atoms with Gasteiger partial charge < -0.3 is 9.84 Å². The smallest absolute Gasteiger partial charge is 0.335 e. The molecule has 0 heterocycles. The summed E-state index contributed by atoms with van der Waals surface area (Å²) in [7, 11) is 0. The van der Waals surface area contributed by atoms with Crippen LogP contribution in [0.25, 0.3) is 0 Å². The van der Waals surface area contributed by atoms with Crippen molar-refractivity contribution >= 4 is 5.97 Å². The maximum atomic E-state index is 13.1. The molecule has 0 spiro atoms. The molecule has 20 heavy (non-hydrogen) atoms. The summed E-state index contributed by atoms with van der Waals surface area (Å²) < 4.78 is 18.6. The molecule has 0 fully saturated rings. The maximum absolute atomic E-state index is 13.1. The molecule has 0 radical (unpaired) electrons. The van der Waals surface area contributed by atoms with Crippen molar-refractivity contribution in [1.82, 2.24) is 0 Å². The predicted molar refractivity (Wildman–Crippen MR) is 68.8 cm³/mol. The Morgan fingerprint density at radius 2 is 1.95 bits per heavy atom. The van der Waals surface area contributed by atoms with E-state index in [1.54, 1.807) is 6.07 Å². The van der Waals surface area contributed by atoms with E-state index in [0.717, 1.165) is 0 Å². The Kier molecular flexibility index (Phi) is 3.96. The molecule has 0 aliphatic heterocycles.